The molecule has 0 fully saturated rings. The van der Waals surface area contributed by atoms with Crippen molar-refractivity contribution in [1.29, 1.82) is 0 Å². The van der Waals surface area contributed by atoms with Crippen LogP contribution in [0.3, 0.4) is 0 Å². The van der Waals surface area contributed by atoms with Crippen molar-refractivity contribution in [3.8, 4) is 0 Å². The van der Waals surface area contributed by atoms with E-state index < -0.39 is 29.1 Å². The van der Waals surface area contributed by atoms with E-state index in [4.69, 9.17) is 0 Å². The van der Waals surface area contributed by atoms with Gasteiger partial charge in [0.25, 0.3) is 5.91 Å². The molecule has 6 heteroatoms. The molecule has 0 saturated carbocycles. The van der Waals surface area contributed by atoms with Crippen LogP contribution in [0.4, 0.5) is 13.2 Å². The number of Topliss-reactive ketones (excluding diaryl/α,β-unsaturated/α-hetero) is 1. The summed E-state index contributed by atoms with van der Waals surface area (Å²) < 4.78 is 38.8. The SMILES string of the molecule is CC(=O)C(=O)NCCc1c(F)cc(F)cc1F. The van der Waals surface area contributed by atoms with Gasteiger partial charge in [-0.1, -0.05) is 0 Å². The zero-order valence-electron chi connectivity index (χ0n) is 9.02. The third kappa shape index (κ3) is 3.58. The first-order valence-electron chi connectivity index (χ1n) is 4.84. The molecule has 0 unspecified atom stereocenters. The summed E-state index contributed by atoms with van der Waals surface area (Å²) in [6.07, 6.45) is -0.156. The predicted octanol–water partition coefficient (Wildman–Crippen LogP) is 1.35. The molecule has 0 saturated heterocycles. The molecule has 1 aromatic carbocycles. The molecule has 0 aliphatic rings. The van der Waals surface area contributed by atoms with Crippen LogP contribution in [0.5, 0.6) is 0 Å². The Labute approximate surface area is 95.6 Å². The number of carbonyl (C=O) groups excluding carboxylic acids is 2. The molecule has 1 aromatic rings. The Kier molecular flexibility index (Phi) is 4.25. The second-order valence-electron chi connectivity index (χ2n) is 3.41. The third-order valence-corrected chi connectivity index (χ3v) is 2.09. The van der Waals surface area contributed by atoms with Crippen LogP contribution < -0.4 is 5.32 Å². The van der Waals surface area contributed by atoms with Crippen molar-refractivity contribution >= 4 is 11.7 Å². The molecule has 1 N–H and O–H groups in total. The fraction of sp³-hybridized carbons (Fsp3) is 0.273. The number of nitrogens with one attached hydrogen (secondary N) is 1. The Balaban J connectivity index is 2.64. The number of hydrogen-bond donors (Lipinski definition) is 1. The largest absolute Gasteiger partial charge is 0.349 e. The molecule has 3 nitrogen and oxygen atoms in total. The second kappa shape index (κ2) is 5.47. The van der Waals surface area contributed by atoms with Crippen molar-refractivity contribution < 1.29 is 22.8 Å². The lowest BCUT2D eigenvalue weighted by Crippen LogP contribution is -2.31. The summed E-state index contributed by atoms with van der Waals surface area (Å²) in [5.74, 6) is -4.55. The lowest BCUT2D eigenvalue weighted by Gasteiger charge is -2.06. The van der Waals surface area contributed by atoms with Crippen molar-refractivity contribution in [2.45, 2.75) is 13.3 Å². The summed E-state index contributed by atoms with van der Waals surface area (Å²) in [4.78, 5) is 21.4. The molecule has 0 radical (unpaired) electrons. The minimum absolute atomic E-state index is 0.0993. The Hall–Kier alpha value is -1.85. The molecular formula is C11H10F3NO2. The summed E-state index contributed by atoms with van der Waals surface area (Å²) in [7, 11) is 0. The molecule has 0 bridgehead atoms. The quantitative estimate of drug-likeness (QED) is 0.814. The molecule has 1 amide bonds. The first-order valence-corrected chi connectivity index (χ1v) is 4.84. The molecule has 17 heavy (non-hydrogen) atoms. The van der Waals surface area contributed by atoms with E-state index >= 15 is 0 Å². The topological polar surface area (TPSA) is 46.2 Å². The average molecular weight is 245 g/mol. The van der Waals surface area contributed by atoms with E-state index in [0.717, 1.165) is 6.92 Å². The van der Waals surface area contributed by atoms with E-state index in [0.29, 0.717) is 12.1 Å². The maximum Gasteiger partial charge on any atom is 0.287 e. The van der Waals surface area contributed by atoms with Gasteiger partial charge in [-0.25, -0.2) is 13.2 Å². The highest BCUT2D eigenvalue weighted by molar-refractivity contribution is 6.35. The lowest BCUT2D eigenvalue weighted by molar-refractivity contribution is -0.136. The standard InChI is InChI=1S/C11H10F3NO2/c1-6(16)11(17)15-3-2-8-9(13)4-7(12)5-10(8)14/h4-5H,2-3H2,1H3,(H,15,17). The van der Waals surface area contributed by atoms with Gasteiger partial charge in [0.15, 0.2) is 0 Å². The van der Waals surface area contributed by atoms with Crippen molar-refractivity contribution in [2.75, 3.05) is 6.54 Å². The molecule has 1 rings (SSSR count). The van der Waals surface area contributed by atoms with Gasteiger partial charge in [-0.05, 0) is 6.42 Å². The summed E-state index contributed by atoms with van der Waals surface area (Å²) in [5.41, 5.74) is -0.324. The van der Waals surface area contributed by atoms with Crippen LogP contribution in [0, 0.1) is 17.5 Å². The van der Waals surface area contributed by atoms with Gasteiger partial charge in [-0.15, -0.1) is 0 Å². The molecule has 0 spiro atoms. The second-order valence-corrected chi connectivity index (χ2v) is 3.41. The number of hydrogen-bond acceptors (Lipinski definition) is 2. The molecule has 0 heterocycles. The number of amides is 1. The number of ketones is 1. The smallest absolute Gasteiger partial charge is 0.287 e. The molecule has 0 atom stereocenters. The molecular weight excluding hydrogens is 235 g/mol. The highest BCUT2D eigenvalue weighted by atomic mass is 19.1. The lowest BCUT2D eigenvalue weighted by atomic mass is 10.1. The number of rotatable bonds is 4. The summed E-state index contributed by atoms with van der Waals surface area (Å²) in [6.45, 7) is 0.978. The van der Waals surface area contributed by atoms with E-state index in [9.17, 15) is 22.8 Å². The average Bonchev–Trinajstić information content (AvgIpc) is 2.21. The fourth-order valence-corrected chi connectivity index (χ4v) is 1.24. The first-order chi connectivity index (χ1) is 7.91. The van der Waals surface area contributed by atoms with Crippen LogP contribution in [-0.4, -0.2) is 18.2 Å². The Bertz CT molecular complexity index is 437. The molecule has 92 valence electrons. The highest BCUT2D eigenvalue weighted by Gasteiger charge is 2.12. The zero-order chi connectivity index (χ0) is 13.0. The highest BCUT2D eigenvalue weighted by Crippen LogP contribution is 2.14. The Morgan fingerprint density at radius 3 is 2.18 bits per heavy atom. The number of carbonyl (C=O) groups is 2. The minimum atomic E-state index is -1.01. The van der Waals surface area contributed by atoms with Gasteiger partial charge < -0.3 is 5.32 Å². The fourth-order valence-electron chi connectivity index (χ4n) is 1.24. The summed E-state index contributed by atoms with van der Waals surface area (Å²) >= 11 is 0. The maximum absolute atomic E-state index is 13.1. The molecule has 0 aromatic heterocycles. The zero-order valence-corrected chi connectivity index (χ0v) is 9.02. The van der Waals surface area contributed by atoms with Crippen LogP contribution in [-0.2, 0) is 16.0 Å². The van der Waals surface area contributed by atoms with Gasteiger partial charge in [0, 0.05) is 31.2 Å². The van der Waals surface area contributed by atoms with Crippen molar-refractivity contribution in [1.82, 2.24) is 5.32 Å². The van der Waals surface area contributed by atoms with Crippen molar-refractivity contribution in [3.63, 3.8) is 0 Å². The van der Waals surface area contributed by atoms with Gasteiger partial charge >= 0.3 is 0 Å². The van der Waals surface area contributed by atoms with Crippen LogP contribution in [0.1, 0.15) is 12.5 Å². The Morgan fingerprint density at radius 2 is 1.71 bits per heavy atom. The first kappa shape index (κ1) is 13.2. The third-order valence-electron chi connectivity index (χ3n) is 2.09. The van der Waals surface area contributed by atoms with Crippen molar-refractivity contribution in [2.24, 2.45) is 0 Å². The number of halogens is 3. The summed E-state index contributed by atoms with van der Waals surface area (Å²) in [5, 5.41) is 2.18. The monoisotopic (exact) mass is 245 g/mol. The number of benzene rings is 1. The van der Waals surface area contributed by atoms with Crippen molar-refractivity contribution in [3.05, 3.63) is 35.1 Å². The predicted molar refractivity (Wildman–Crippen MR) is 53.7 cm³/mol. The van der Waals surface area contributed by atoms with E-state index in [2.05, 4.69) is 5.32 Å². The van der Waals surface area contributed by atoms with Gasteiger partial charge in [0.1, 0.15) is 17.5 Å². The maximum atomic E-state index is 13.1. The van der Waals surface area contributed by atoms with Gasteiger partial charge in [-0.2, -0.15) is 0 Å². The molecule has 0 aliphatic carbocycles. The molecule has 0 aliphatic heterocycles. The van der Waals surface area contributed by atoms with Crippen LogP contribution in [0.25, 0.3) is 0 Å². The van der Waals surface area contributed by atoms with E-state index in [1.165, 1.54) is 0 Å². The van der Waals surface area contributed by atoms with Crippen LogP contribution in [0.2, 0.25) is 0 Å². The van der Waals surface area contributed by atoms with Gasteiger partial charge in [-0.3, -0.25) is 9.59 Å². The van der Waals surface area contributed by atoms with E-state index in [1.807, 2.05) is 0 Å². The van der Waals surface area contributed by atoms with Crippen LogP contribution >= 0.6 is 0 Å². The van der Waals surface area contributed by atoms with E-state index in [-0.39, 0.29) is 18.5 Å². The van der Waals surface area contributed by atoms with Gasteiger partial charge in [0.05, 0.1) is 0 Å². The summed E-state index contributed by atoms with van der Waals surface area (Å²) in [6, 6.07) is 1.12. The Morgan fingerprint density at radius 1 is 1.18 bits per heavy atom. The normalized spacial score (nSPS) is 10.1. The van der Waals surface area contributed by atoms with Gasteiger partial charge in [0.2, 0.25) is 5.78 Å². The minimum Gasteiger partial charge on any atom is -0.349 e. The van der Waals surface area contributed by atoms with Crippen LogP contribution in [0.15, 0.2) is 12.1 Å². The van der Waals surface area contributed by atoms with E-state index in [1.54, 1.807) is 0 Å².